The summed E-state index contributed by atoms with van der Waals surface area (Å²) < 4.78 is 0. The molecule has 0 spiro atoms. The van der Waals surface area contributed by atoms with E-state index < -0.39 is 17.2 Å². The largest absolute Gasteiger partial charge is 0.409 e. The van der Waals surface area contributed by atoms with Crippen molar-refractivity contribution in [1.82, 2.24) is 11.0 Å². The number of oxime groups is 2. The Morgan fingerprint density at radius 3 is 1.48 bits per heavy atom. The molecule has 0 aromatic heterocycles. The highest BCUT2D eigenvalue weighted by Crippen LogP contribution is 2.31. The molecule has 0 saturated carbocycles. The van der Waals surface area contributed by atoms with Crippen LogP contribution in [-0.4, -0.2) is 44.3 Å². The third kappa shape index (κ3) is 4.77. The second-order valence-electron chi connectivity index (χ2n) is 4.15. The Hall–Kier alpha value is -2.60. The van der Waals surface area contributed by atoms with Crippen molar-refractivity contribution in [3.8, 4) is 0 Å². The molecule has 10 N–H and O–H groups in total. The maximum Gasteiger partial charge on any atom is 0.259 e. The molecule has 0 saturated heterocycles. The number of rotatable bonds is 8. The van der Waals surface area contributed by atoms with E-state index in [9.17, 15) is 9.59 Å². The number of amides is 2. The minimum atomic E-state index is -1.96. The van der Waals surface area contributed by atoms with Crippen LogP contribution >= 0.6 is 0 Å². The third-order valence-electron chi connectivity index (χ3n) is 2.95. The van der Waals surface area contributed by atoms with Gasteiger partial charge in [0.2, 0.25) is 0 Å². The van der Waals surface area contributed by atoms with E-state index >= 15 is 0 Å². The normalized spacial score (nSPS) is 12.9. The van der Waals surface area contributed by atoms with Crippen LogP contribution in [0.3, 0.4) is 0 Å². The molecule has 0 atom stereocenters. The molecule has 0 aromatic carbocycles. The molecule has 12 nitrogen and oxygen atoms in total. The summed E-state index contributed by atoms with van der Waals surface area (Å²) in [6, 6.07) is 0. The summed E-state index contributed by atoms with van der Waals surface area (Å²) >= 11 is 0. The predicted molar refractivity (Wildman–Crippen MR) is 67.6 cm³/mol. The molecular formula is C9H18N6O6. The van der Waals surface area contributed by atoms with Crippen LogP contribution in [0.4, 0.5) is 0 Å². The first-order valence-corrected chi connectivity index (χ1v) is 5.69. The Bertz CT molecular complexity index is 396. The lowest BCUT2D eigenvalue weighted by molar-refractivity contribution is -0.154. The van der Waals surface area contributed by atoms with Gasteiger partial charge in [-0.2, -0.15) is 0 Å². The van der Waals surface area contributed by atoms with E-state index in [1.54, 1.807) is 0 Å². The van der Waals surface area contributed by atoms with Gasteiger partial charge in [-0.05, 0) is 12.8 Å². The molecule has 0 heterocycles. The summed E-state index contributed by atoms with van der Waals surface area (Å²) in [5.74, 6) is -2.80. The minimum Gasteiger partial charge on any atom is -0.409 e. The first kappa shape index (κ1) is 18.4. The van der Waals surface area contributed by atoms with Gasteiger partial charge in [-0.25, -0.2) is 11.0 Å². The lowest BCUT2D eigenvalue weighted by Gasteiger charge is -2.28. The third-order valence-corrected chi connectivity index (χ3v) is 2.95. The highest BCUT2D eigenvalue weighted by molar-refractivity contribution is 6.05. The van der Waals surface area contributed by atoms with Gasteiger partial charge < -0.3 is 21.9 Å². The van der Waals surface area contributed by atoms with Gasteiger partial charge in [0, 0.05) is 12.8 Å². The van der Waals surface area contributed by atoms with E-state index in [1.165, 1.54) is 11.0 Å². The molecule has 0 radical (unpaired) electrons. The molecule has 21 heavy (non-hydrogen) atoms. The van der Waals surface area contributed by atoms with Crippen LogP contribution < -0.4 is 22.4 Å². The number of carbonyl (C=O) groups is 2. The minimum absolute atomic E-state index is 0.187. The smallest absolute Gasteiger partial charge is 0.259 e. The molecule has 0 aliphatic heterocycles. The van der Waals surface area contributed by atoms with Crippen LogP contribution in [0, 0.1) is 5.41 Å². The highest BCUT2D eigenvalue weighted by Gasteiger charge is 2.45. The Morgan fingerprint density at radius 1 is 0.905 bits per heavy atom. The Morgan fingerprint density at radius 2 is 1.24 bits per heavy atom. The number of carbonyl (C=O) groups excluding carboxylic acids is 2. The van der Waals surface area contributed by atoms with Crippen molar-refractivity contribution in [2.75, 3.05) is 0 Å². The SMILES string of the molecule is NC(CCC(CC/C(N)=N\O)(C(=O)NO)C(=O)NO)=NO. The molecule has 2 amide bonds. The molecule has 0 aliphatic rings. The van der Waals surface area contributed by atoms with Gasteiger partial charge >= 0.3 is 0 Å². The Kier molecular flexibility index (Phi) is 7.49. The van der Waals surface area contributed by atoms with Crippen molar-refractivity contribution in [3.05, 3.63) is 0 Å². The number of nitrogens with two attached hydrogens (primary N) is 2. The van der Waals surface area contributed by atoms with Crippen LogP contribution in [0.1, 0.15) is 25.7 Å². The van der Waals surface area contributed by atoms with Crippen molar-refractivity contribution in [2.45, 2.75) is 25.7 Å². The van der Waals surface area contributed by atoms with Gasteiger partial charge in [0.05, 0.1) is 0 Å². The van der Waals surface area contributed by atoms with Crippen molar-refractivity contribution in [1.29, 1.82) is 0 Å². The average Bonchev–Trinajstić information content (AvgIpc) is 2.52. The summed E-state index contributed by atoms with van der Waals surface area (Å²) in [4.78, 5) is 23.6. The topological polar surface area (TPSA) is 216 Å². The summed E-state index contributed by atoms with van der Waals surface area (Å²) in [5.41, 5.74) is 11.2. The van der Waals surface area contributed by atoms with Crippen molar-refractivity contribution in [2.24, 2.45) is 27.2 Å². The predicted octanol–water partition coefficient (Wildman–Crippen LogP) is -1.96. The fourth-order valence-corrected chi connectivity index (χ4v) is 1.68. The van der Waals surface area contributed by atoms with Crippen molar-refractivity contribution >= 4 is 23.5 Å². The van der Waals surface area contributed by atoms with Crippen LogP contribution in [-0.2, 0) is 9.59 Å². The summed E-state index contributed by atoms with van der Waals surface area (Å²) in [6.07, 6.45) is -0.984. The van der Waals surface area contributed by atoms with Crippen LogP contribution in [0.15, 0.2) is 10.3 Å². The van der Waals surface area contributed by atoms with Gasteiger partial charge in [0.1, 0.15) is 17.1 Å². The number of nitrogens with zero attached hydrogens (tertiary/aromatic N) is 2. The van der Waals surface area contributed by atoms with Gasteiger partial charge in [-0.15, -0.1) is 0 Å². The molecule has 0 aliphatic carbocycles. The van der Waals surface area contributed by atoms with Crippen LogP contribution in [0.2, 0.25) is 0 Å². The first-order valence-electron chi connectivity index (χ1n) is 5.69. The van der Waals surface area contributed by atoms with E-state index in [0.29, 0.717) is 0 Å². The summed E-state index contributed by atoms with van der Waals surface area (Å²) in [7, 11) is 0. The fraction of sp³-hybridized carbons (Fsp3) is 0.556. The Labute approximate surface area is 119 Å². The number of nitrogens with one attached hydrogen (secondary N) is 2. The summed E-state index contributed by atoms with van der Waals surface area (Å²) in [5, 5.41) is 39.9. The van der Waals surface area contributed by atoms with Gasteiger partial charge in [-0.3, -0.25) is 20.0 Å². The molecule has 12 heteroatoms. The first-order chi connectivity index (χ1) is 9.87. The fourth-order valence-electron chi connectivity index (χ4n) is 1.68. The maximum absolute atomic E-state index is 11.8. The maximum atomic E-state index is 11.8. The second kappa shape index (κ2) is 8.55. The number of amidine groups is 2. The molecule has 0 unspecified atom stereocenters. The van der Waals surface area contributed by atoms with Gasteiger partial charge in [0.25, 0.3) is 11.8 Å². The summed E-state index contributed by atoms with van der Waals surface area (Å²) in [6.45, 7) is 0. The highest BCUT2D eigenvalue weighted by atomic mass is 16.5. The quantitative estimate of drug-likeness (QED) is 0.0626. The standard InChI is InChI=1S/C9H18N6O6/c10-5(12-18)1-3-9(7(16)14-20,8(17)15-21)4-2-6(11)13-19/h18-21H,1-4H2,(H2,10,12)(H2,11,13)(H,14,16)(H,15,17). The average molecular weight is 306 g/mol. The number of hydrogen-bond donors (Lipinski definition) is 8. The van der Waals surface area contributed by atoms with Crippen LogP contribution in [0.25, 0.3) is 0 Å². The molecule has 120 valence electrons. The molecule has 0 aromatic rings. The zero-order chi connectivity index (χ0) is 16.5. The second-order valence-corrected chi connectivity index (χ2v) is 4.15. The monoisotopic (exact) mass is 306 g/mol. The van der Waals surface area contributed by atoms with Crippen molar-refractivity contribution < 1.29 is 30.4 Å². The van der Waals surface area contributed by atoms with E-state index in [2.05, 4.69) is 10.3 Å². The zero-order valence-corrected chi connectivity index (χ0v) is 11.0. The van der Waals surface area contributed by atoms with Crippen molar-refractivity contribution in [3.63, 3.8) is 0 Å². The molecule has 0 bridgehead atoms. The molecule has 0 fully saturated rings. The molecule has 0 rings (SSSR count). The number of hydrogen-bond acceptors (Lipinski definition) is 8. The lowest BCUT2D eigenvalue weighted by Crippen LogP contribution is -2.51. The van der Waals surface area contributed by atoms with Crippen LogP contribution in [0.5, 0.6) is 0 Å². The zero-order valence-electron chi connectivity index (χ0n) is 11.0. The van der Waals surface area contributed by atoms with Gasteiger partial charge in [0.15, 0.2) is 0 Å². The van der Waals surface area contributed by atoms with E-state index in [1.807, 2.05) is 0 Å². The van der Waals surface area contributed by atoms with E-state index in [0.717, 1.165) is 0 Å². The van der Waals surface area contributed by atoms with Gasteiger partial charge in [-0.1, -0.05) is 10.3 Å². The van der Waals surface area contributed by atoms with E-state index in [4.69, 9.17) is 32.3 Å². The van der Waals surface area contributed by atoms with E-state index in [-0.39, 0.29) is 37.4 Å². The Balaban J connectivity index is 5.41. The number of hydroxylamine groups is 2. The lowest BCUT2D eigenvalue weighted by atomic mass is 9.77. The molecular weight excluding hydrogens is 288 g/mol.